The lowest BCUT2D eigenvalue weighted by molar-refractivity contribution is 0.248. The van der Waals surface area contributed by atoms with Crippen molar-refractivity contribution in [3.63, 3.8) is 0 Å². The van der Waals surface area contributed by atoms with Gasteiger partial charge in [-0.1, -0.05) is 25.8 Å². The Hall–Kier alpha value is -1.71. The average molecular weight is 247 g/mol. The first kappa shape index (κ1) is 12.7. The highest BCUT2D eigenvalue weighted by Gasteiger charge is 2.16. The molecule has 0 atom stereocenters. The van der Waals surface area contributed by atoms with Crippen LogP contribution in [0.1, 0.15) is 38.2 Å². The number of hydrogen-bond donors (Lipinski definition) is 3. The highest BCUT2D eigenvalue weighted by atomic mass is 16.2. The van der Waals surface area contributed by atoms with E-state index in [0.717, 1.165) is 36.2 Å². The van der Waals surface area contributed by atoms with Gasteiger partial charge in [-0.25, -0.2) is 4.79 Å². The smallest absolute Gasteiger partial charge is 0.319 e. The Labute approximate surface area is 108 Å². The number of nitrogens with one attached hydrogen (secondary N) is 2. The molecule has 1 saturated carbocycles. The fourth-order valence-electron chi connectivity index (χ4n) is 2.42. The standard InChI is InChI=1S/C14H21N3O/c1-2-10-7-8-12(9-13(10)15)17-14(18)16-11-5-3-4-6-11/h7-9,11H,2-6,15H2,1H3,(H2,16,17,18). The van der Waals surface area contributed by atoms with E-state index in [9.17, 15) is 4.79 Å². The lowest BCUT2D eigenvalue weighted by Gasteiger charge is -2.13. The van der Waals surface area contributed by atoms with Gasteiger partial charge in [-0.15, -0.1) is 0 Å². The molecule has 1 aliphatic rings. The van der Waals surface area contributed by atoms with Gasteiger partial charge in [-0.3, -0.25) is 0 Å². The molecule has 0 bridgehead atoms. The summed E-state index contributed by atoms with van der Waals surface area (Å²) in [5.74, 6) is 0. The summed E-state index contributed by atoms with van der Waals surface area (Å²) in [6, 6.07) is 5.86. The Morgan fingerprint density at radius 3 is 2.72 bits per heavy atom. The number of benzene rings is 1. The van der Waals surface area contributed by atoms with E-state index in [2.05, 4.69) is 17.6 Å². The molecule has 18 heavy (non-hydrogen) atoms. The predicted molar refractivity (Wildman–Crippen MR) is 74.6 cm³/mol. The van der Waals surface area contributed by atoms with Crippen LogP contribution in [0, 0.1) is 0 Å². The fourth-order valence-corrected chi connectivity index (χ4v) is 2.42. The molecule has 0 radical (unpaired) electrons. The van der Waals surface area contributed by atoms with Gasteiger partial charge in [0, 0.05) is 17.4 Å². The SMILES string of the molecule is CCc1ccc(NC(=O)NC2CCCC2)cc1N. The Morgan fingerprint density at radius 1 is 1.39 bits per heavy atom. The second-order valence-electron chi connectivity index (χ2n) is 4.85. The van der Waals surface area contributed by atoms with E-state index >= 15 is 0 Å². The molecule has 1 aliphatic carbocycles. The minimum Gasteiger partial charge on any atom is -0.398 e. The molecule has 98 valence electrons. The second kappa shape index (κ2) is 5.76. The van der Waals surface area contributed by atoms with Crippen LogP contribution in [0.5, 0.6) is 0 Å². The quantitative estimate of drug-likeness (QED) is 0.719. The van der Waals surface area contributed by atoms with Crippen molar-refractivity contribution in [2.24, 2.45) is 0 Å². The lowest BCUT2D eigenvalue weighted by atomic mass is 10.1. The first-order valence-electron chi connectivity index (χ1n) is 6.65. The monoisotopic (exact) mass is 247 g/mol. The zero-order chi connectivity index (χ0) is 13.0. The fraction of sp³-hybridized carbons (Fsp3) is 0.500. The number of nitrogen functional groups attached to an aromatic ring is 1. The van der Waals surface area contributed by atoms with E-state index in [1.165, 1.54) is 12.8 Å². The van der Waals surface area contributed by atoms with E-state index in [-0.39, 0.29) is 6.03 Å². The van der Waals surface area contributed by atoms with Crippen LogP contribution in [0.25, 0.3) is 0 Å². The average Bonchev–Trinajstić information content (AvgIpc) is 2.82. The number of amides is 2. The number of nitrogens with two attached hydrogens (primary N) is 1. The molecule has 4 nitrogen and oxygen atoms in total. The summed E-state index contributed by atoms with van der Waals surface area (Å²) in [4.78, 5) is 11.8. The first-order chi connectivity index (χ1) is 8.69. The number of urea groups is 1. The van der Waals surface area contributed by atoms with Crippen LogP contribution in [0.2, 0.25) is 0 Å². The molecule has 0 saturated heterocycles. The summed E-state index contributed by atoms with van der Waals surface area (Å²) >= 11 is 0. The summed E-state index contributed by atoms with van der Waals surface area (Å²) in [7, 11) is 0. The van der Waals surface area contributed by atoms with Gasteiger partial charge in [-0.05, 0) is 37.0 Å². The predicted octanol–water partition coefficient (Wildman–Crippen LogP) is 2.90. The van der Waals surface area contributed by atoms with Crippen molar-refractivity contribution in [2.45, 2.75) is 45.1 Å². The zero-order valence-corrected chi connectivity index (χ0v) is 10.8. The van der Waals surface area contributed by atoms with E-state index in [1.807, 2.05) is 18.2 Å². The van der Waals surface area contributed by atoms with Crippen LogP contribution in [-0.2, 0) is 6.42 Å². The van der Waals surface area contributed by atoms with Gasteiger partial charge in [-0.2, -0.15) is 0 Å². The molecule has 1 fully saturated rings. The molecule has 2 amide bonds. The molecule has 4 N–H and O–H groups in total. The van der Waals surface area contributed by atoms with Gasteiger partial charge < -0.3 is 16.4 Å². The van der Waals surface area contributed by atoms with Gasteiger partial charge >= 0.3 is 6.03 Å². The number of carbonyl (C=O) groups is 1. The third-order valence-electron chi connectivity index (χ3n) is 3.48. The lowest BCUT2D eigenvalue weighted by Crippen LogP contribution is -2.36. The van der Waals surface area contributed by atoms with Gasteiger partial charge in [0.2, 0.25) is 0 Å². The Morgan fingerprint density at radius 2 is 2.11 bits per heavy atom. The van der Waals surface area contributed by atoms with E-state index < -0.39 is 0 Å². The van der Waals surface area contributed by atoms with Gasteiger partial charge in [0.15, 0.2) is 0 Å². The molecule has 0 unspecified atom stereocenters. The van der Waals surface area contributed by atoms with Crippen molar-refractivity contribution in [2.75, 3.05) is 11.1 Å². The largest absolute Gasteiger partial charge is 0.398 e. The van der Waals surface area contributed by atoms with Crippen LogP contribution in [0.15, 0.2) is 18.2 Å². The summed E-state index contributed by atoms with van der Waals surface area (Å²) in [6.07, 6.45) is 5.50. The normalized spacial score (nSPS) is 15.6. The third-order valence-corrected chi connectivity index (χ3v) is 3.48. The van der Waals surface area contributed by atoms with Crippen molar-refractivity contribution in [1.29, 1.82) is 0 Å². The molecular weight excluding hydrogens is 226 g/mol. The second-order valence-corrected chi connectivity index (χ2v) is 4.85. The van der Waals surface area contributed by atoms with Crippen LogP contribution < -0.4 is 16.4 Å². The third kappa shape index (κ3) is 3.15. The number of anilines is 2. The minimum atomic E-state index is -0.134. The van der Waals surface area contributed by atoms with Gasteiger partial charge in [0.25, 0.3) is 0 Å². The molecule has 1 aromatic rings. The van der Waals surface area contributed by atoms with Crippen LogP contribution in [-0.4, -0.2) is 12.1 Å². The van der Waals surface area contributed by atoms with Gasteiger partial charge in [0.1, 0.15) is 0 Å². The Kier molecular flexibility index (Phi) is 4.07. The van der Waals surface area contributed by atoms with Crippen molar-refractivity contribution >= 4 is 17.4 Å². The van der Waals surface area contributed by atoms with Crippen molar-refractivity contribution in [3.8, 4) is 0 Å². The highest BCUT2D eigenvalue weighted by molar-refractivity contribution is 5.90. The van der Waals surface area contributed by atoms with Crippen molar-refractivity contribution in [1.82, 2.24) is 5.32 Å². The molecule has 1 aromatic carbocycles. The summed E-state index contributed by atoms with van der Waals surface area (Å²) in [5, 5.41) is 5.82. The van der Waals surface area contributed by atoms with Crippen molar-refractivity contribution < 1.29 is 4.79 Å². The van der Waals surface area contributed by atoms with Crippen LogP contribution >= 0.6 is 0 Å². The number of rotatable bonds is 3. The molecule has 4 heteroatoms. The van der Waals surface area contributed by atoms with Crippen molar-refractivity contribution in [3.05, 3.63) is 23.8 Å². The minimum absolute atomic E-state index is 0.134. The summed E-state index contributed by atoms with van der Waals surface area (Å²) in [6.45, 7) is 2.06. The molecule has 0 heterocycles. The number of hydrogen-bond acceptors (Lipinski definition) is 2. The van der Waals surface area contributed by atoms with E-state index in [4.69, 9.17) is 5.73 Å². The highest BCUT2D eigenvalue weighted by Crippen LogP contribution is 2.20. The Balaban J connectivity index is 1.92. The van der Waals surface area contributed by atoms with E-state index in [0.29, 0.717) is 6.04 Å². The maximum Gasteiger partial charge on any atom is 0.319 e. The number of carbonyl (C=O) groups excluding carboxylic acids is 1. The summed E-state index contributed by atoms with van der Waals surface area (Å²) < 4.78 is 0. The topological polar surface area (TPSA) is 67.2 Å². The molecule has 0 aliphatic heterocycles. The van der Waals surface area contributed by atoms with Crippen LogP contribution in [0.4, 0.5) is 16.2 Å². The molecule has 0 aromatic heterocycles. The summed E-state index contributed by atoms with van der Waals surface area (Å²) in [5.41, 5.74) is 8.49. The van der Waals surface area contributed by atoms with Gasteiger partial charge in [0.05, 0.1) is 0 Å². The maximum atomic E-state index is 11.8. The first-order valence-corrected chi connectivity index (χ1v) is 6.65. The molecule has 2 rings (SSSR count). The Bertz CT molecular complexity index is 425. The number of aryl methyl sites for hydroxylation is 1. The maximum absolute atomic E-state index is 11.8. The molecule has 0 spiro atoms. The van der Waals surface area contributed by atoms with E-state index in [1.54, 1.807) is 0 Å². The zero-order valence-electron chi connectivity index (χ0n) is 10.8. The molecular formula is C14H21N3O. The van der Waals surface area contributed by atoms with Crippen LogP contribution in [0.3, 0.4) is 0 Å².